The van der Waals surface area contributed by atoms with Crippen LogP contribution in [0.5, 0.6) is 0 Å². The van der Waals surface area contributed by atoms with Gasteiger partial charge in [0.1, 0.15) is 0 Å². The lowest BCUT2D eigenvalue weighted by molar-refractivity contribution is -0.119. The number of benzene rings is 1. The maximum Gasteiger partial charge on any atom is 0.240 e. The van der Waals surface area contributed by atoms with Crippen molar-refractivity contribution in [3.63, 3.8) is 0 Å². The van der Waals surface area contributed by atoms with Gasteiger partial charge in [0.25, 0.3) is 0 Å². The van der Waals surface area contributed by atoms with E-state index in [1.807, 2.05) is 0 Å². The summed E-state index contributed by atoms with van der Waals surface area (Å²) in [5.74, 6) is -0.142. The average molecular weight is 300 g/mol. The summed E-state index contributed by atoms with van der Waals surface area (Å²) in [7, 11) is -3.63. The molecule has 1 rings (SSSR count). The first-order valence-electron chi connectivity index (χ1n) is 6.35. The lowest BCUT2D eigenvalue weighted by Gasteiger charge is -2.14. The predicted molar refractivity (Wildman–Crippen MR) is 75.4 cm³/mol. The Balaban J connectivity index is 2.78. The molecule has 0 fully saturated rings. The minimum Gasteiger partial charge on any atom is -0.395 e. The molecule has 0 unspecified atom stereocenters. The maximum absolute atomic E-state index is 12.0. The van der Waals surface area contributed by atoms with E-state index in [4.69, 9.17) is 5.11 Å². The van der Waals surface area contributed by atoms with Crippen molar-refractivity contribution in [2.24, 2.45) is 0 Å². The van der Waals surface area contributed by atoms with Gasteiger partial charge >= 0.3 is 0 Å². The molecule has 0 aliphatic rings. The van der Waals surface area contributed by atoms with Gasteiger partial charge in [0.15, 0.2) is 0 Å². The largest absolute Gasteiger partial charge is 0.395 e. The lowest BCUT2D eigenvalue weighted by Crippen LogP contribution is -2.36. The number of amides is 1. The Bertz CT molecular complexity index is 536. The molecule has 1 atom stereocenters. The van der Waals surface area contributed by atoms with Crippen molar-refractivity contribution in [1.82, 2.24) is 10.0 Å². The molecule has 20 heavy (non-hydrogen) atoms. The van der Waals surface area contributed by atoms with E-state index in [0.717, 1.165) is 5.56 Å². The molecule has 0 aliphatic carbocycles. The average Bonchev–Trinajstić information content (AvgIpc) is 2.43. The van der Waals surface area contributed by atoms with Crippen molar-refractivity contribution in [2.45, 2.75) is 37.8 Å². The number of hydrogen-bond donors (Lipinski definition) is 3. The van der Waals surface area contributed by atoms with Crippen LogP contribution in [0.25, 0.3) is 0 Å². The topological polar surface area (TPSA) is 95.5 Å². The number of aliphatic hydroxyl groups is 1. The summed E-state index contributed by atoms with van der Waals surface area (Å²) in [5.41, 5.74) is 0.813. The Labute approximate surface area is 119 Å². The van der Waals surface area contributed by atoms with Crippen LogP contribution in [0, 0.1) is 0 Å². The van der Waals surface area contributed by atoms with Crippen LogP contribution in [0.3, 0.4) is 0 Å². The Morgan fingerprint density at radius 3 is 2.35 bits per heavy atom. The van der Waals surface area contributed by atoms with Gasteiger partial charge in [-0.1, -0.05) is 19.1 Å². The normalized spacial score (nSPS) is 12.9. The molecule has 6 nitrogen and oxygen atoms in total. The molecule has 0 heterocycles. The summed E-state index contributed by atoms with van der Waals surface area (Å²) >= 11 is 0. The molecule has 0 radical (unpaired) electrons. The van der Waals surface area contributed by atoms with Gasteiger partial charge in [0, 0.05) is 19.5 Å². The van der Waals surface area contributed by atoms with E-state index in [9.17, 15) is 13.2 Å². The van der Waals surface area contributed by atoms with E-state index in [1.54, 1.807) is 19.1 Å². The number of sulfonamides is 1. The van der Waals surface area contributed by atoms with Gasteiger partial charge in [-0.25, -0.2) is 13.1 Å². The Morgan fingerprint density at radius 2 is 1.90 bits per heavy atom. The second-order valence-electron chi connectivity index (χ2n) is 4.46. The number of hydrogen-bond acceptors (Lipinski definition) is 4. The van der Waals surface area contributed by atoms with Crippen LogP contribution in [-0.2, 0) is 21.4 Å². The second kappa shape index (κ2) is 7.37. The quantitative estimate of drug-likeness (QED) is 0.678. The van der Waals surface area contributed by atoms with Gasteiger partial charge in [0.05, 0.1) is 11.5 Å². The van der Waals surface area contributed by atoms with E-state index in [0.29, 0.717) is 13.0 Å². The van der Waals surface area contributed by atoms with E-state index in [1.165, 1.54) is 19.1 Å². The molecule has 1 amide bonds. The van der Waals surface area contributed by atoms with Gasteiger partial charge in [-0.2, -0.15) is 0 Å². The standard InChI is InChI=1S/C13H20N2O4S/c1-3-12(9-16)15-20(18,19)13-6-4-11(5-7-13)8-14-10(2)17/h4-7,12,15-16H,3,8-9H2,1-2H3,(H,14,17)/t12-/m0/s1. The van der Waals surface area contributed by atoms with E-state index in [-0.39, 0.29) is 17.4 Å². The summed E-state index contributed by atoms with van der Waals surface area (Å²) in [6.07, 6.45) is 0.510. The number of aliphatic hydroxyl groups excluding tert-OH is 1. The van der Waals surface area contributed by atoms with Crippen LogP contribution in [0.15, 0.2) is 29.2 Å². The summed E-state index contributed by atoms with van der Waals surface area (Å²) < 4.78 is 26.5. The van der Waals surface area contributed by atoms with Crippen LogP contribution >= 0.6 is 0 Å². The fourth-order valence-electron chi connectivity index (χ4n) is 1.55. The molecular weight excluding hydrogens is 280 g/mol. The molecule has 0 spiro atoms. The minimum atomic E-state index is -3.63. The smallest absolute Gasteiger partial charge is 0.240 e. The highest BCUT2D eigenvalue weighted by molar-refractivity contribution is 7.89. The summed E-state index contributed by atoms with van der Waals surface area (Å²) in [6.45, 7) is 3.33. The monoisotopic (exact) mass is 300 g/mol. The van der Waals surface area contributed by atoms with Gasteiger partial charge < -0.3 is 10.4 Å². The summed E-state index contributed by atoms with van der Waals surface area (Å²) in [6, 6.07) is 5.75. The van der Waals surface area contributed by atoms with Crippen molar-refractivity contribution in [1.29, 1.82) is 0 Å². The Hall–Kier alpha value is -1.44. The first-order chi connectivity index (χ1) is 9.39. The predicted octanol–water partition coefficient (Wildman–Crippen LogP) is 0.372. The number of carbonyl (C=O) groups is 1. The van der Waals surface area contributed by atoms with Crippen LogP contribution in [0.2, 0.25) is 0 Å². The van der Waals surface area contributed by atoms with Gasteiger partial charge in [-0.05, 0) is 24.1 Å². The van der Waals surface area contributed by atoms with Crippen molar-refractivity contribution >= 4 is 15.9 Å². The Kier molecular flexibility index (Phi) is 6.12. The summed E-state index contributed by atoms with van der Waals surface area (Å²) in [4.78, 5) is 10.9. The molecule has 1 aromatic carbocycles. The molecule has 0 aliphatic heterocycles. The zero-order chi connectivity index (χ0) is 15.2. The van der Waals surface area contributed by atoms with Crippen LogP contribution < -0.4 is 10.0 Å². The third kappa shape index (κ3) is 4.92. The minimum absolute atomic E-state index is 0.135. The number of carbonyl (C=O) groups excluding carboxylic acids is 1. The van der Waals surface area contributed by atoms with Crippen molar-refractivity contribution in [2.75, 3.05) is 6.61 Å². The molecular formula is C13H20N2O4S. The lowest BCUT2D eigenvalue weighted by atomic mass is 10.2. The molecule has 7 heteroatoms. The van der Waals surface area contributed by atoms with Crippen LogP contribution in [-0.4, -0.2) is 32.1 Å². The van der Waals surface area contributed by atoms with Crippen LogP contribution in [0.1, 0.15) is 25.8 Å². The molecule has 0 bridgehead atoms. The van der Waals surface area contributed by atoms with Gasteiger partial charge in [-0.3, -0.25) is 4.79 Å². The van der Waals surface area contributed by atoms with Gasteiger partial charge in [-0.15, -0.1) is 0 Å². The molecule has 0 aromatic heterocycles. The second-order valence-corrected chi connectivity index (χ2v) is 6.18. The fraction of sp³-hybridized carbons (Fsp3) is 0.462. The first kappa shape index (κ1) is 16.6. The van der Waals surface area contributed by atoms with Crippen LogP contribution in [0.4, 0.5) is 0 Å². The molecule has 0 saturated heterocycles. The molecule has 112 valence electrons. The number of nitrogens with one attached hydrogen (secondary N) is 2. The Morgan fingerprint density at radius 1 is 1.30 bits per heavy atom. The third-order valence-electron chi connectivity index (χ3n) is 2.81. The van der Waals surface area contributed by atoms with Crippen molar-refractivity contribution in [3.05, 3.63) is 29.8 Å². The van der Waals surface area contributed by atoms with Crippen molar-refractivity contribution in [3.8, 4) is 0 Å². The highest BCUT2D eigenvalue weighted by Gasteiger charge is 2.18. The van der Waals surface area contributed by atoms with E-state index in [2.05, 4.69) is 10.0 Å². The van der Waals surface area contributed by atoms with Crippen molar-refractivity contribution < 1.29 is 18.3 Å². The first-order valence-corrected chi connectivity index (χ1v) is 7.84. The molecule has 3 N–H and O–H groups in total. The fourth-order valence-corrected chi connectivity index (χ4v) is 2.86. The summed E-state index contributed by atoms with van der Waals surface area (Å²) in [5, 5.41) is 11.7. The molecule has 0 saturated carbocycles. The van der Waals surface area contributed by atoms with Gasteiger partial charge in [0.2, 0.25) is 15.9 Å². The van der Waals surface area contributed by atoms with E-state index < -0.39 is 16.1 Å². The third-order valence-corrected chi connectivity index (χ3v) is 4.35. The highest BCUT2D eigenvalue weighted by atomic mass is 32.2. The zero-order valence-corrected chi connectivity index (χ0v) is 12.4. The SMILES string of the molecule is CC[C@@H](CO)NS(=O)(=O)c1ccc(CNC(C)=O)cc1. The zero-order valence-electron chi connectivity index (χ0n) is 11.6. The number of rotatable bonds is 7. The maximum atomic E-state index is 12.0. The molecule has 1 aromatic rings. The van der Waals surface area contributed by atoms with E-state index >= 15 is 0 Å². The highest BCUT2D eigenvalue weighted by Crippen LogP contribution is 2.11.